The van der Waals surface area contributed by atoms with Crippen LogP contribution in [0.1, 0.15) is 6.17 Å². The molecule has 0 bridgehead atoms. The monoisotopic (exact) mass is 452 g/mol. The van der Waals surface area contributed by atoms with Gasteiger partial charge < -0.3 is 21.3 Å². The first-order valence-corrected chi connectivity index (χ1v) is 9.43. The van der Waals surface area contributed by atoms with E-state index in [1.807, 2.05) is 0 Å². The molecule has 3 rings (SSSR count). The van der Waals surface area contributed by atoms with Crippen LogP contribution in [0.25, 0.3) is 11.2 Å². The lowest BCUT2D eigenvalue weighted by molar-refractivity contribution is 0.0285. The number of alkyl halides is 3. The summed E-state index contributed by atoms with van der Waals surface area (Å²) in [6.07, 6.45) is -1.22. The zero-order chi connectivity index (χ0) is 20.5. The van der Waals surface area contributed by atoms with Crippen LogP contribution in [-0.4, -0.2) is 83.7 Å². The molecule has 1 fully saturated rings. The van der Waals surface area contributed by atoms with Crippen molar-refractivity contribution in [3.63, 3.8) is 0 Å². The molecule has 0 aromatic carbocycles. The molecule has 28 heavy (non-hydrogen) atoms. The minimum Gasteiger partial charge on any atom is -0.465 e. The van der Waals surface area contributed by atoms with Gasteiger partial charge in [0.25, 0.3) is 0 Å². The number of morpholine rings is 1. The minimum absolute atomic E-state index is 0.0412. The third-order valence-corrected chi connectivity index (χ3v) is 4.91. The number of imidazole rings is 1. The zero-order valence-corrected chi connectivity index (χ0v) is 16.9. The largest absolute Gasteiger partial charge is 0.465 e. The van der Waals surface area contributed by atoms with Crippen LogP contribution in [0, 0.1) is 0 Å². The van der Waals surface area contributed by atoms with Gasteiger partial charge in [-0.1, -0.05) is 34.8 Å². The highest BCUT2D eigenvalue weighted by molar-refractivity contribution is 6.67. The Kier molecular flexibility index (Phi) is 6.20. The van der Waals surface area contributed by atoms with Crippen LogP contribution in [0.5, 0.6) is 0 Å². The average molecular weight is 454 g/mol. The molecule has 0 aliphatic carbocycles. The zero-order valence-electron chi connectivity index (χ0n) is 14.6. The topological polar surface area (TPSA) is 149 Å². The molecule has 154 valence electrons. The van der Waals surface area contributed by atoms with Crippen molar-refractivity contribution in [3.8, 4) is 0 Å². The van der Waals surface area contributed by atoms with Crippen molar-refractivity contribution in [3.05, 3.63) is 6.33 Å². The van der Waals surface area contributed by atoms with Gasteiger partial charge in [-0.3, -0.25) is 14.4 Å². The molecule has 11 nitrogen and oxygen atoms in total. The highest BCUT2D eigenvalue weighted by Crippen LogP contribution is 2.42. The summed E-state index contributed by atoms with van der Waals surface area (Å²) in [6, 6.07) is 0. The first-order valence-electron chi connectivity index (χ1n) is 8.30. The number of rotatable bonds is 5. The Morgan fingerprint density at radius 2 is 2.00 bits per heavy atom. The lowest BCUT2D eigenvalue weighted by Gasteiger charge is -2.36. The Labute approximate surface area is 175 Å². The van der Waals surface area contributed by atoms with E-state index in [2.05, 4.69) is 19.9 Å². The highest BCUT2D eigenvalue weighted by atomic mass is 35.6. The summed E-state index contributed by atoms with van der Waals surface area (Å²) in [7, 11) is 0. The fourth-order valence-electron chi connectivity index (χ4n) is 3.02. The molecule has 2 aromatic rings. The first kappa shape index (κ1) is 20.9. The molecular formula is C14H19Cl3N8O3. The molecule has 1 aliphatic heterocycles. The second kappa shape index (κ2) is 8.29. The number of halogens is 3. The normalized spacial score (nSPS) is 17.0. The molecule has 1 aliphatic rings. The first-order chi connectivity index (χ1) is 13.2. The maximum atomic E-state index is 12.0. The van der Waals surface area contributed by atoms with Gasteiger partial charge in [-0.2, -0.15) is 9.97 Å². The van der Waals surface area contributed by atoms with Gasteiger partial charge in [-0.05, 0) is 0 Å². The van der Waals surface area contributed by atoms with Crippen LogP contribution in [0.2, 0.25) is 0 Å². The number of fused-ring (bicyclic) bond motifs is 1. The van der Waals surface area contributed by atoms with Crippen LogP contribution >= 0.6 is 34.8 Å². The number of nitrogens with zero attached hydrogens (tertiary/aromatic N) is 6. The second-order valence-corrected chi connectivity index (χ2v) is 8.51. The molecular weight excluding hydrogens is 435 g/mol. The summed E-state index contributed by atoms with van der Waals surface area (Å²) in [5, 5.41) is 9.81. The Morgan fingerprint density at radius 3 is 2.61 bits per heavy atom. The Balaban J connectivity index is 1.97. The number of nitrogens with two attached hydrogens (primary N) is 2. The van der Waals surface area contributed by atoms with Crippen molar-refractivity contribution in [1.82, 2.24) is 29.3 Å². The Bertz CT molecular complexity index is 852. The van der Waals surface area contributed by atoms with E-state index in [1.165, 1.54) is 10.9 Å². The number of carbonyl (C=O) groups is 1. The van der Waals surface area contributed by atoms with Gasteiger partial charge in [-0.15, -0.1) is 0 Å². The average Bonchev–Trinajstić information content (AvgIpc) is 3.01. The van der Waals surface area contributed by atoms with E-state index in [0.717, 1.165) is 4.90 Å². The SMILES string of the molecule is Nc1nc(N)c2ncn(C(N(CCN3CCOCC3)C(=O)O)C(Cl)(Cl)Cl)c2n1. The molecule has 0 saturated carbocycles. The van der Waals surface area contributed by atoms with Gasteiger partial charge in [0, 0.05) is 26.2 Å². The second-order valence-electron chi connectivity index (χ2n) is 6.14. The summed E-state index contributed by atoms with van der Waals surface area (Å²) in [5.41, 5.74) is 11.9. The molecule has 1 atom stereocenters. The maximum absolute atomic E-state index is 12.0. The van der Waals surface area contributed by atoms with Crippen LogP contribution in [0.15, 0.2) is 6.33 Å². The fraction of sp³-hybridized carbons (Fsp3) is 0.571. The lowest BCUT2D eigenvalue weighted by atomic mass is 10.3. The quantitative estimate of drug-likeness (QED) is 0.567. The van der Waals surface area contributed by atoms with Gasteiger partial charge in [-0.25, -0.2) is 9.78 Å². The molecule has 14 heteroatoms. The number of aromatic nitrogens is 4. The molecule has 2 aromatic heterocycles. The van der Waals surface area contributed by atoms with Crippen LogP contribution in [-0.2, 0) is 4.74 Å². The predicted molar refractivity (Wildman–Crippen MR) is 105 cm³/mol. The van der Waals surface area contributed by atoms with Gasteiger partial charge in [0.05, 0.1) is 19.5 Å². The van der Waals surface area contributed by atoms with E-state index >= 15 is 0 Å². The van der Waals surface area contributed by atoms with E-state index in [1.54, 1.807) is 0 Å². The van der Waals surface area contributed by atoms with Crippen molar-refractivity contribution < 1.29 is 14.6 Å². The van der Waals surface area contributed by atoms with Crippen molar-refractivity contribution >= 4 is 63.8 Å². The van der Waals surface area contributed by atoms with E-state index in [4.69, 9.17) is 51.0 Å². The smallest absolute Gasteiger partial charge is 0.409 e. The van der Waals surface area contributed by atoms with Crippen molar-refractivity contribution in [2.45, 2.75) is 9.96 Å². The van der Waals surface area contributed by atoms with Crippen molar-refractivity contribution in [2.75, 3.05) is 50.9 Å². The van der Waals surface area contributed by atoms with Crippen molar-refractivity contribution in [1.29, 1.82) is 0 Å². The summed E-state index contributed by atoms with van der Waals surface area (Å²) in [4.78, 5) is 27.2. The number of hydrogen-bond acceptors (Lipinski definition) is 8. The predicted octanol–water partition coefficient (Wildman–Crippen LogP) is 1.17. The van der Waals surface area contributed by atoms with Crippen LogP contribution < -0.4 is 11.5 Å². The number of nitrogen functional groups attached to an aromatic ring is 2. The fourth-order valence-corrected chi connectivity index (χ4v) is 3.68. The van der Waals surface area contributed by atoms with Gasteiger partial charge in [0.1, 0.15) is 5.52 Å². The van der Waals surface area contributed by atoms with E-state index < -0.39 is 16.1 Å². The standard InChI is InChI=1S/C14H19Cl3N8O3/c15-14(16,17)11(24(13(26)27)2-1-23-3-5-28-6-4-23)25-7-20-8-9(18)21-12(19)22-10(8)25/h7,11H,1-6H2,(H,26,27)(H4,18,19,21,22). The van der Waals surface area contributed by atoms with Gasteiger partial charge in [0.2, 0.25) is 9.74 Å². The number of carboxylic acid groups (broad SMARTS) is 1. The molecule has 5 N–H and O–H groups in total. The van der Waals surface area contributed by atoms with Gasteiger partial charge in [0.15, 0.2) is 17.6 Å². The number of anilines is 2. The Morgan fingerprint density at radius 1 is 1.32 bits per heavy atom. The summed E-state index contributed by atoms with van der Waals surface area (Å²) in [5.74, 6) is -0.0653. The van der Waals surface area contributed by atoms with Gasteiger partial charge >= 0.3 is 6.09 Å². The van der Waals surface area contributed by atoms with Crippen molar-refractivity contribution in [2.24, 2.45) is 0 Å². The number of hydrogen-bond donors (Lipinski definition) is 3. The lowest BCUT2D eigenvalue weighted by Crippen LogP contribution is -2.48. The number of ether oxygens (including phenoxy) is 1. The number of amides is 1. The third-order valence-electron chi connectivity index (χ3n) is 4.32. The highest BCUT2D eigenvalue weighted by Gasteiger charge is 2.42. The minimum atomic E-state index is -2.02. The summed E-state index contributed by atoms with van der Waals surface area (Å²) >= 11 is 18.5. The molecule has 1 amide bonds. The molecule has 0 spiro atoms. The molecule has 1 unspecified atom stereocenters. The molecule has 1 saturated heterocycles. The van der Waals surface area contributed by atoms with E-state index in [-0.39, 0.29) is 29.5 Å². The van der Waals surface area contributed by atoms with E-state index in [0.29, 0.717) is 32.8 Å². The van der Waals surface area contributed by atoms with Crippen LogP contribution in [0.3, 0.4) is 0 Å². The summed E-state index contributed by atoms with van der Waals surface area (Å²) in [6.45, 7) is 3.09. The molecule has 3 heterocycles. The van der Waals surface area contributed by atoms with E-state index in [9.17, 15) is 9.90 Å². The summed E-state index contributed by atoms with van der Waals surface area (Å²) < 4.78 is 4.60. The third kappa shape index (κ3) is 4.44. The van der Waals surface area contributed by atoms with Crippen LogP contribution in [0.4, 0.5) is 16.6 Å². The Hall–Kier alpha value is -1.79. The molecule has 0 radical (unpaired) electrons. The maximum Gasteiger partial charge on any atom is 0.409 e.